The maximum absolute atomic E-state index is 8.90. The Bertz CT molecular complexity index is 429. The molecule has 0 N–H and O–H groups in total. The van der Waals surface area contributed by atoms with Crippen LogP contribution in [0.15, 0.2) is 16.5 Å². The Morgan fingerprint density at radius 1 is 1.35 bits per heavy atom. The van der Waals surface area contributed by atoms with E-state index in [1.807, 2.05) is 38.8 Å². The highest BCUT2D eigenvalue weighted by Gasteiger charge is 2.12. The van der Waals surface area contributed by atoms with Crippen molar-refractivity contribution in [2.45, 2.75) is 39.8 Å². The molecule has 0 unspecified atom stereocenters. The molecule has 0 aromatic carbocycles. The van der Waals surface area contributed by atoms with Crippen molar-refractivity contribution < 1.29 is 0 Å². The summed E-state index contributed by atoms with van der Waals surface area (Å²) in [7, 11) is 1.74. The van der Waals surface area contributed by atoms with Gasteiger partial charge in [0.1, 0.15) is 11.6 Å². The topological polar surface area (TPSA) is 69.6 Å². The Kier molecular flexibility index (Phi) is 4.21. The lowest BCUT2D eigenvalue weighted by atomic mass is 10.3. The molecule has 0 aliphatic rings. The van der Waals surface area contributed by atoms with E-state index in [-0.39, 0.29) is 12.1 Å². The smallest absolute Gasteiger partial charge is 0.192 e. The molecule has 1 aromatic heterocycles. The summed E-state index contributed by atoms with van der Waals surface area (Å²) in [6.45, 7) is 8.20. The zero-order valence-corrected chi connectivity index (χ0v) is 10.9. The Morgan fingerprint density at radius 2 is 1.94 bits per heavy atom. The van der Waals surface area contributed by atoms with E-state index in [1.54, 1.807) is 11.7 Å². The van der Waals surface area contributed by atoms with Gasteiger partial charge in [0.05, 0.1) is 6.20 Å². The van der Waals surface area contributed by atoms with Crippen LogP contribution in [0, 0.1) is 11.3 Å². The van der Waals surface area contributed by atoms with Crippen LogP contribution in [-0.2, 0) is 7.05 Å². The van der Waals surface area contributed by atoms with Crippen molar-refractivity contribution >= 4 is 5.82 Å². The van der Waals surface area contributed by atoms with Crippen molar-refractivity contribution in [1.82, 2.24) is 14.8 Å². The largest absolute Gasteiger partial charge is 0.273 e. The van der Waals surface area contributed by atoms with Gasteiger partial charge in [0.25, 0.3) is 0 Å². The molecule has 92 valence electrons. The minimum Gasteiger partial charge on any atom is -0.273 e. The molecule has 0 amide bonds. The lowest BCUT2D eigenvalue weighted by molar-refractivity contribution is 0.169. The molecular weight excluding hydrogens is 216 g/mol. The van der Waals surface area contributed by atoms with Crippen molar-refractivity contribution in [2.75, 3.05) is 0 Å². The summed E-state index contributed by atoms with van der Waals surface area (Å²) in [6, 6.07) is 2.57. The first-order chi connectivity index (χ1) is 7.97. The van der Waals surface area contributed by atoms with Crippen molar-refractivity contribution in [2.24, 2.45) is 17.4 Å². The molecule has 17 heavy (non-hydrogen) atoms. The highest BCUT2D eigenvalue weighted by molar-refractivity contribution is 5.45. The standard InChI is InChI=1S/C11H18N6/c1-8(2)17(9(3)4)15-14-11-10(6-12)7-13-16(11)5/h7-9H,1-5H3/b15-14+. The number of hydrogen-bond acceptors (Lipinski definition) is 4. The molecule has 0 aliphatic carbocycles. The molecule has 0 radical (unpaired) electrons. The summed E-state index contributed by atoms with van der Waals surface area (Å²) in [4.78, 5) is 0. The summed E-state index contributed by atoms with van der Waals surface area (Å²) in [5, 5.41) is 23.0. The molecule has 1 aromatic rings. The van der Waals surface area contributed by atoms with E-state index in [0.717, 1.165) is 0 Å². The van der Waals surface area contributed by atoms with Crippen LogP contribution in [0.2, 0.25) is 0 Å². The van der Waals surface area contributed by atoms with Crippen molar-refractivity contribution in [3.63, 3.8) is 0 Å². The van der Waals surface area contributed by atoms with Crippen LogP contribution in [0.1, 0.15) is 33.3 Å². The second-order valence-corrected chi connectivity index (χ2v) is 4.37. The van der Waals surface area contributed by atoms with Crippen LogP contribution in [0.4, 0.5) is 5.82 Å². The van der Waals surface area contributed by atoms with Crippen molar-refractivity contribution in [1.29, 1.82) is 5.26 Å². The number of nitrogens with zero attached hydrogens (tertiary/aromatic N) is 6. The van der Waals surface area contributed by atoms with E-state index in [9.17, 15) is 0 Å². The summed E-state index contributed by atoms with van der Waals surface area (Å²) in [5.41, 5.74) is 0.434. The highest BCUT2D eigenvalue weighted by Crippen LogP contribution is 2.18. The fourth-order valence-corrected chi connectivity index (χ4v) is 1.53. The normalized spacial score (nSPS) is 11.4. The summed E-state index contributed by atoms with van der Waals surface area (Å²) in [6.07, 6.45) is 1.49. The van der Waals surface area contributed by atoms with Crippen LogP contribution in [0.5, 0.6) is 0 Å². The van der Waals surface area contributed by atoms with Gasteiger partial charge >= 0.3 is 0 Å². The Balaban J connectivity index is 2.96. The fraction of sp³-hybridized carbons (Fsp3) is 0.636. The minimum atomic E-state index is 0.262. The second-order valence-electron chi connectivity index (χ2n) is 4.37. The lowest BCUT2D eigenvalue weighted by Crippen LogP contribution is -2.31. The van der Waals surface area contributed by atoms with E-state index in [0.29, 0.717) is 11.4 Å². The van der Waals surface area contributed by atoms with Crippen LogP contribution < -0.4 is 0 Å². The molecule has 0 bridgehead atoms. The van der Waals surface area contributed by atoms with Crippen LogP contribution in [-0.4, -0.2) is 26.9 Å². The quantitative estimate of drug-likeness (QED) is 0.593. The summed E-state index contributed by atoms with van der Waals surface area (Å²) >= 11 is 0. The molecule has 0 fully saturated rings. The monoisotopic (exact) mass is 234 g/mol. The predicted octanol–water partition coefficient (Wildman–Crippen LogP) is 2.41. The first-order valence-electron chi connectivity index (χ1n) is 5.59. The van der Waals surface area contributed by atoms with E-state index in [2.05, 4.69) is 15.4 Å². The predicted molar refractivity (Wildman–Crippen MR) is 64.6 cm³/mol. The Morgan fingerprint density at radius 3 is 2.41 bits per heavy atom. The molecule has 0 atom stereocenters. The fourth-order valence-electron chi connectivity index (χ4n) is 1.53. The van der Waals surface area contributed by atoms with Crippen molar-refractivity contribution in [3.8, 4) is 6.07 Å². The maximum atomic E-state index is 8.90. The van der Waals surface area contributed by atoms with Gasteiger partial charge in [-0.1, -0.05) is 5.22 Å². The van der Waals surface area contributed by atoms with E-state index in [4.69, 9.17) is 5.26 Å². The van der Waals surface area contributed by atoms with Crippen molar-refractivity contribution in [3.05, 3.63) is 11.8 Å². The maximum Gasteiger partial charge on any atom is 0.192 e. The average Bonchev–Trinajstić information content (AvgIpc) is 2.59. The van der Waals surface area contributed by atoms with Gasteiger partial charge in [-0.15, -0.1) is 5.11 Å². The van der Waals surface area contributed by atoms with Gasteiger partial charge in [-0.05, 0) is 27.7 Å². The van der Waals surface area contributed by atoms with Crippen LogP contribution in [0.3, 0.4) is 0 Å². The number of hydrogen-bond donors (Lipinski definition) is 0. The number of aryl methyl sites for hydroxylation is 1. The SMILES string of the molecule is CC(C)N(/N=N/c1c(C#N)cnn1C)C(C)C. The van der Waals surface area contributed by atoms with Gasteiger partial charge in [0.15, 0.2) is 5.82 Å². The third-order valence-corrected chi connectivity index (χ3v) is 2.33. The minimum absolute atomic E-state index is 0.262. The van der Waals surface area contributed by atoms with Gasteiger partial charge in [-0.25, -0.2) is 4.68 Å². The van der Waals surface area contributed by atoms with Gasteiger partial charge in [0, 0.05) is 19.1 Å². The van der Waals surface area contributed by atoms with E-state index in [1.165, 1.54) is 6.20 Å². The van der Waals surface area contributed by atoms with E-state index < -0.39 is 0 Å². The Hall–Kier alpha value is -1.90. The van der Waals surface area contributed by atoms with Crippen LogP contribution >= 0.6 is 0 Å². The average molecular weight is 234 g/mol. The molecule has 0 saturated heterocycles. The third-order valence-electron chi connectivity index (χ3n) is 2.33. The number of rotatable bonds is 4. The van der Waals surface area contributed by atoms with Gasteiger partial charge in [-0.2, -0.15) is 10.4 Å². The molecule has 1 heterocycles. The number of nitriles is 1. The number of aromatic nitrogens is 2. The molecule has 0 saturated carbocycles. The first kappa shape index (κ1) is 13.2. The highest BCUT2D eigenvalue weighted by atomic mass is 15.6. The first-order valence-corrected chi connectivity index (χ1v) is 5.59. The molecule has 0 aliphatic heterocycles. The Labute approximate surface area is 102 Å². The van der Waals surface area contributed by atoms with Gasteiger partial charge in [0.2, 0.25) is 0 Å². The molecule has 6 nitrogen and oxygen atoms in total. The zero-order valence-electron chi connectivity index (χ0n) is 10.9. The van der Waals surface area contributed by atoms with E-state index >= 15 is 0 Å². The third kappa shape index (κ3) is 3.03. The summed E-state index contributed by atoms with van der Waals surface area (Å²) in [5.74, 6) is 0.485. The molecule has 0 spiro atoms. The molecule has 1 rings (SSSR count). The summed E-state index contributed by atoms with van der Waals surface area (Å²) < 4.78 is 1.54. The van der Waals surface area contributed by atoms with Crippen LogP contribution in [0.25, 0.3) is 0 Å². The molecular formula is C11H18N6. The lowest BCUT2D eigenvalue weighted by Gasteiger charge is -2.25. The zero-order chi connectivity index (χ0) is 13.0. The van der Waals surface area contributed by atoms with Gasteiger partial charge < -0.3 is 0 Å². The van der Waals surface area contributed by atoms with Gasteiger partial charge in [-0.3, -0.25) is 5.01 Å². The second kappa shape index (κ2) is 5.43. The molecule has 6 heteroatoms.